The van der Waals surface area contributed by atoms with Gasteiger partial charge in [-0.2, -0.15) is 0 Å². The fourth-order valence-corrected chi connectivity index (χ4v) is 4.89. The molecule has 1 saturated heterocycles. The molecule has 3 rings (SSSR count). The van der Waals surface area contributed by atoms with Gasteiger partial charge in [0, 0.05) is 0 Å². The molecule has 1 atom stereocenters. The minimum Gasteiger partial charge on any atom is -0.316 e. The molecule has 29 heavy (non-hydrogen) atoms. The third kappa shape index (κ3) is 5.68. The summed E-state index contributed by atoms with van der Waals surface area (Å²) in [6.45, 7) is 2.49. The molecular formula is C21H24F2N2O3S. The van der Waals surface area contributed by atoms with Gasteiger partial charge >= 0.3 is 0 Å². The summed E-state index contributed by atoms with van der Waals surface area (Å²) in [5, 5.41) is 3.15. The van der Waals surface area contributed by atoms with Gasteiger partial charge in [-0.1, -0.05) is 12.1 Å². The van der Waals surface area contributed by atoms with E-state index in [9.17, 15) is 22.0 Å². The van der Waals surface area contributed by atoms with E-state index < -0.39 is 34.0 Å². The minimum atomic E-state index is -3.66. The van der Waals surface area contributed by atoms with Gasteiger partial charge in [0.25, 0.3) is 0 Å². The number of hydrogen-bond acceptors (Lipinski definition) is 4. The average Bonchev–Trinajstić information content (AvgIpc) is 2.68. The maximum atomic E-state index is 14.5. The fourth-order valence-electron chi connectivity index (χ4n) is 3.51. The first-order valence-corrected chi connectivity index (χ1v) is 11.2. The third-order valence-electron chi connectivity index (χ3n) is 5.02. The Morgan fingerprint density at radius 3 is 2.69 bits per heavy atom. The van der Waals surface area contributed by atoms with E-state index >= 15 is 0 Å². The van der Waals surface area contributed by atoms with Crippen LogP contribution >= 0.6 is 0 Å². The monoisotopic (exact) mass is 422 g/mol. The topological polar surface area (TPSA) is 75.3 Å². The van der Waals surface area contributed by atoms with Crippen molar-refractivity contribution in [2.75, 3.05) is 25.4 Å². The quantitative estimate of drug-likeness (QED) is 0.673. The van der Waals surface area contributed by atoms with Crippen molar-refractivity contribution in [2.24, 2.45) is 5.92 Å². The molecule has 0 radical (unpaired) electrons. The van der Waals surface area contributed by atoms with Gasteiger partial charge in [-0.15, -0.1) is 0 Å². The summed E-state index contributed by atoms with van der Waals surface area (Å²) in [6, 6.07) is 8.63. The minimum absolute atomic E-state index is 0.00774. The number of aryl methyl sites for hydroxylation is 1. The molecule has 5 nitrogen and oxygen atoms in total. The van der Waals surface area contributed by atoms with E-state index in [1.165, 1.54) is 37.3 Å². The van der Waals surface area contributed by atoms with Gasteiger partial charge in [-0.25, -0.2) is 21.9 Å². The second-order valence-electron chi connectivity index (χ2n) is 7.40. The number of hydrogen-bond donors (Lipinski definition) is 2. The highest BCUT2D eigenvalue weighted by Crippen LogP contribution is 2.25. The van der Waals surface area contributed by atoms with Crippen molar-refractivity contribution in [2.45, 2.75) is 19.8 Å². The van der Waals surface area contributed by atoms with E-state index in [-0.39, 0.29) is 22.8 Å². The van der Waals surface area contributed by atoms with Crippen LogP contribution in [0.1, 0.15) is 28.8 Å². The molecule has 2 N–H and O–H groups in total. The highest BCUT2D eigenvalue weighted by Gasteiger charge is 2.23. The summed E-state index contributed by atoms with van der Waals surface area (Å²) in [7, 11) is -3.66. The van der Waals surface area contributed by atoms with E-state index in [0.29, 0.717) is 17.7 Å². The van der Waals surface area contributed by atoms with Crippen molar-refractivity contribution in [3.63, 3.8) is 0 Å². The zero-order chi connectivity index (χ0) is 21.0. The molecule has 156 valence electrons. The van der Waals surface area contributed by atoms with Gasteiger partial charge in [0.05, 0.1) is 17.9 Å². The van der Waals surface area contributed by atoms with Crippen LogP contribution in [0, 0.1) is 24.5 Å². The highest BCUT2D eigenvalue weighted by atomic mass is 32.2. The molecule has 0 spiro atoms. The zero-order valence-electron chi connectivity index (χ0n) is 16.2. The fraction of sp³-hybridized carbons (Fsp3) is 0.381. The first-order chi connectivity index (χ1) is 13.7. The third-order valence-corrected chi connectivity index (χ3v) is 6.51. The molecule has 0 saturated carbocycles. The Balaban J connectivity index is 1.74. The van der Waals surface area contributed by atoms with Gasteiger partial charge < -0.3 is 5.32 Å². The van der Waals surface area contributed by atoms with Gasteiger partial charge in [-0.05, 0) is 79.7 Å². The van der Waals surface area contributed by atoms with Gasteiger partial charge in [0.1, 0.15) is 11.6 Å². The van der Waals surface area contributed by atoms with Crippen molar-refractivity contribution in [3.05, 3.63) is 59.2 Å². The Morgan fingerprint density at radius 1 is 1.21 bits per heavy atom. The van der Waals surface area contributed by atoms with Crippen LogP contribution in [-0.4, -0.2) is 39.6 Å². The standard InChI is InChI=1S/C21H24F2N2O3S/c1-14-8-17(16-5-2-6-18(22)9-16)10-19(21(14)23)20(26)12-25-29(27,28)13-15-4-3-7-24-11-15/h2,5-6,8-10,15,24-25H,3-4,7,11-13H2,1H3. The average molecular weight is 422 g/mol. The van der Waals surface area contributed by atoms with Gasteiger partial charge in [0.2, 0.25) is 10.0 Å². The van der Waals surface area contributed by atoms with Gasteiger partial charge in [0.15, 0.2) is 5.78 Å². The van der Waals surface area contributed by atoms with E-state index in [4.69, 9.17) is 0 Å². The lowest BCUT2D eigenvalue weighted by Crippen LogP contribution is -2.39. The Morgan fingerprint density at radius 2 is 2.00 bits per heavy atom. The number of Topliss-reactive ketones (excluding diaryl/α,β-unsaturated/α-hetero) is 1. The predicted molar refractivity (Wildman–Crippen MR) is 108 cm³/mol. The molecule has 1 heterocycles. The maximum Gasteiger partial charge on any atom is 0.212 e. The second-order valence-corrected chi connectivity index (χ2v) is 9.25. The Labute approximate surface area is 169 Å². The Bertz CT molecular complexity index is 1000. The van der Waals surface area contributed by atoms with Crippen molar-refractivity contribution < 1.29 is 22.0 Å². The van der Waals surface area contributed by atoms with Crippen LogP contribution in [0.25, 0.3) is 11.1 Å². The second kappa shape index (κ2) is 9.11. The number of sulfonamides is 1. The molecule has 0 aromatic heterocycles. The lowest BCUT2D eigenvalue weighted by atomic mass is 9.97. The van der Waals surface area contributed by atoms with Crippen molar-refractivity contribution in [3.8, 4) is 11.1 Å². The van der Waals surface area contributed by atoms with Gasteiger partial charge in [-0.3, -0.25) is 4.79 Å². The molecule has 1 fully saturated rings. The summed E-state index contributed by atoms with van der Waals surface area (Å²) in [4.78, 5) is 12.6. The molecular weight excluding hydrogens is 398 g/mol. The van der Waals surface area contributed by atoms with Crippen LogP contribution in [0.3, 0.4) is 0 Å². The number of piperidine rings is 1. The van der Waals surface area contributed by atoms with Crippen molar-refractivity contribution in [1.29, 1.82) is 0 Å². The summed E-state index contributed by atoms with van der Waals surface area (Å²) >= 11 is 0. The zero-order valence-corrected chi connectivity index (χ0v) is 17.0. The van der Waals surface area contributed by atoms with Crippen LogP contribution in [0.5, 0.6) is 0 Å². The molecule has 1 aliphatic heterocycles. The molecule has 1 unspecified atom stereocenters. The predicted octanol–water partition coefficient (Wildman–Crippen LogP) is 3.04. The molecule has 0 aliphatic carbocycles. The Hall–Kier alpha value is -2.16. The first kappa shape index (κ1) is 21.5. The van der Waals surface area contributed by atoms with E-state index in [0.717, 1.165) is 19.4 Å². The highest BCUT2D eigenvalue weighted by molar-refractivity contribution is 7.89. The number of carbonyl (C=O) groups is 1. The number of halogens is 2. The SMILES string of the molecule is Cc1cc(-c2cccc(F)c2)cc(C(=O)CNS(=O)(=O)CC2CCCNC2)c1F. The molecule has 0 amide bonds. The number of rotatable bonds is 7. The van der Waals surface area contributed by atoms with Crippen LogP contribution < -0.4 is 10.0 Å². The smallest absolute Gasteiger partial charge is 0.212 e. The lowest BCUT2D eigenvalue weighted by molar-refractivity contribution is 0.0993. The van der Waals surface area contributed by atoms with Crippen LogP contribution in [0.15, 0.2) is 36.4 Å². The maximum absolute atomic E-state index is 14.5. The molecule has 1 aliphatic rings. The van der Waals surface area contributed by atoms with E-state index in [1.807, 2.05) is 0 Å². The first-order valence-electron chi connectivity index (χ1n) is 9.52. The van der Waals surface area contributed by atoms with Crippen LogP contribution in [0.2, 0.25) is 0 Å². The summed E-state index contributed by atoms with van der Waals surface area (Å²) in [5.74, 6) is -1.90. The molecule has 8 heteroatoms. The number of ketones is 1. The van der Waals surface area contributed by atoms with Crippen LogP contribution in [-0.2, 0) is 10.0 Å². The van der Waals surface area contributed by atoms with Crippen molar-refractivity contribution >= 4 is 15.8 Å². The molecule has 2 aromatic carbocycles. The largest absolute Gasteiger partial charge is 0.316 e. The Kier molecular flexibility index (Phi) is 6.77. The summed E-state index contributed by atoms with van der Waals surface area (Å²) < 4.78 is 54.9. The van der Waals surface area contributed by atoms with Crippen LogP contribution in [0.4, 0.5) is 8.78 Å². The summed E-state index contributed by atoms with van der Waals surface area (Å²) in [6.07, 6.45) is 1.72. The van der Waals surface area contributed by atoms with E-state index in [1.54, 1.807) is 6.07 Å². The van der Waals surface area contributed by atoms with E-state index in [2.05, 4.69) is 10.0 Å². The number of benzene rings is 2. The number of carbonyl (C=O) groups excluding carboxylic acids is 1. The summed E-state index contributed by atoms with van der Waals surface area (Å²) in [5.41, 5.74) is 1.01. The lowest BCUT2D eigenvalue weighted by Gasteiger charge is -2.22. The molecule has 0 bridgehead atoms. The number of nitrogens with one attached hydrogen (secondary N) is 2. The van der Waals surface area contributed by atoms with Crippen molar-refractivity contribution in [1.82, 2.24) is 10.0 Å². The normalized spacial score (nSPS) is 17.3. The molecule has 2 aromatic rings.